The number of halogens is 2. The average molecular weight is 255 g/mol. The number of hydrogen-bond donors (Lipinski definition) is 0. The summed E-state index contributed by atoms with van der Waals surface area (Å²) in [6.07, 6.45) is 3.31. The molecule has 1 aliphatic rings. The number of ketones is 1. The molecule has 2 atom stereocenters. The highest BCUT2D eigenvalue weighted by molar-refractivity contribution is 6.31. The van der Waals surface area contributed by atoms with Crippen LogP contribution in [0.3, 0.4) is 0 Å². The van der Waals surface area contributed by atoms with Crippen LogP contribution in [-0.2, 0) is 11.2 Å². The lowest BCUT2D eigenvalue weighted by atomic mass is 9.95. The molecule has 92 valence electrons. The first-order valence-electron chi connectivity index (χ1n) is 6.03. The molecule has 0 amide bonds. The summed E-state index contributed by atoms with van der Waals surface area (Å²) in [5.74, 6) is 0.523. The normalized spacial score (nSPS) is 23.9. The zero-order valence-electron chi connectivity index (χ0n) is 9.88. The standard InChI is InChI=1S/C14H16ClFO/c1-9-5-6-10(7-9)13(17)8-11-3-2-4-12(16)14(11)15/h2-4,9-10H,5-8H2,1H3. The van der Waals surface area contributed by atoms with Crippen LogP contribution in [0.15, 0.2) is 18.2 Å². The second-order valence-electron chi connectivity index (χ2n) is 4.97. The third-order valence-corrected chi connectivity index (χ3v) is 3.97. The molecule has 0 aromatic heterocycles. The molecule has 0 aliphatic heterocycles. The lowest BCUT2D eigenvalue weighted by Gasteiger charge is -2.09. The van der Waals surface area contributed by atoms with Crippen LogP contribution in [0, 0.1) is 17.7 Å². The summed E-state index contributed by atoms with van der Waals surface area (Å²) in [4.78, 5) is 12.0. The van der Waals surface area contributed by atoms with Gasteiger partial charge in [0.2, 0.25) is 0 Å². The minimum absolute atomic E-state index is 0.0897. The Morgan fingerprint density at radius 1 is 1.47 bits per heavy atom. The molecule has 2 rings (SSSR count). The minimum Gasteiger partial charge on any atom is -0.299 e. The van der Waals surface area contributed by atoms with Gasteiger partial charge in [-0.25, -0.2) is 4.39 Å². The van der Waals surface area contributed by atoms with Crippen molar-refractivity contribution >= 4 is 17.4 Å². The first kappa shape index (κ1) is 12.6. The molecule has 1 saturated carbocycles. The Labute approximate surface area is 106 Å². The van der Waals surface area contributed by atoms with Crippen LogP contribution in [0.5, 0.6) is 0 Å². The van der Waals surface area contributed by atoms with E-state index in [1.165, 1.54) is 6.07 Å². The maximum Gasteiger partial charge on any atom is 0.142 e. The van der Waals surface area contributed by atoms with E-state index in [2.05, 4.69) is 6.92 Å². The fourth-order valence-corrected chi connectivity index (χ4v) is 2.71. The van der Waals surface area contributed by atoms with Crippen LogP contribution >= 0.6 is 11.6 Å². The van der Waals surface area contributed by atoms with Crippen molar-refractivity contribution in [3.63, 3.8) is 0 Å². The van der Waals surface area contributed by atoms with Gasteiger partial charge >= 0.3 is 0 Å². The minimum atomic E-state index is -0.447. The third kappa shape index (κ3) is 2.86. The van der Waals surface area contributed by atoms with E-state index in [0.717, 1.165) is 19.3 Å². The molecule has 0 saturated heterocycles. The van der Waals surface area contributed by atoms with E-state index >= 15 is 0 Å². The lowest BCUT2D eigenvalue weighted by molar-refractivity contribution is -0.122. The molecule has 0 spiro atoms. The maximum atomic E-state index is 13.2. The SMILES string of the molecule is CC1CCC(C(=O)Cc2cccc(F)c2Cl)C1. The first-order chi connectivity index (χ1) is 8.08. The molecular formula is C14H16ClFO. The van der Waals surface area contributed by atoms with Gasteiger partial charge in [0.1, 0.15) is 11.6 Å². The molecule has 0 radical (unpaired) electrons. The number of benzene rings is 1. The van der Waals surface area contributed by atoms with Gasteiger partial charge in [0.15, 0.2) is 0 Å². The van der Waals surface area contributed by atoms with Crippen molar-refractivity contribution in [3.8, 4) is 0 Å². The van der Waals surface area contributed by atoms with E-state index in [1.54, 1.807) is 12.1 Å². The van der Waals surface area contributed by atoms with Crippen LogP contribution in [0.4, 0.5) is 4.39 Å². The number of carbonyl (C=O) groups is 1. The van der Waals surface area contributed by atoms with Gasteiger partial charge in [-0.2, -0.15) is 0 Å². The third-order valence-electron chi connectivity index (χ3n) is 3.55. The molecule has 1 aromatic rings. The van der Waals surface area contributed by atoms with Crippen molar-refractivity contribution in [2.75, 3.05) is 0 Å². The van der Waals surface area contributed by atoms with E-state index in [9.17, 15) is 9.18 Å². The van der Waals surface area contributed by atoms with Crippen molar-refractivity contribution in [3.05, 3.63) is 34.6 Å². The average Bonchev–Trinajstić information content (AvgIpc) is 2.72. The Hall–Kier alpha value is -0.890. The molecule has 3 heteroatoms. The number of rotatable bonds is 3. The summed E-state index contributed by atoms with van der Waals surface area (Å²) in [7, 11) is 0. The summed E-state index contributed by atoms with van der Waals surface area (Å²) in [5, 5.41) is 0.0897. The van der Waals surface area contributed by atoms with Gasteiger partial charge in [0.05, 0.1) is 5.02 Å². The maximum absolute atomic E-state index is 13.2. The van der Waals surface area contributed by atoms with Gasteiger partial charge in [-0.1, -0.05) is 30.7 Å². The van der Waals surface area contributed by atoms with Crippen LogP contribution in [0.2, 0.25) is 5.02 Å². The predicted molar refractivity (Wildman–Crippen MR) is 66.6 cm³/mol. The first-order valence-corrected chi connectivity index (χ1v) is 6.41. The Kier molecular flexibility index (Phi) is 3.82. The molecule has 0 heterocycles. The summed E-state index contributed by atoms with van der Waals surface area (Å²) in [6, 6.07) is 4.64. The monoisotopic (exact) mass is 254 g/mol. The zero-order chi connectivity index (χ0) is 12.4. The number of hydrogen-bond acceptors (Lipinski definition) is 1. The van der Waals surface area contributed by atoms with Gasteiger partial charge in [-0.05, 0) is 36.8 Å². The number of Topliss-reactive ketones (excluding diaryl/α,β-unsaturated/α-hetero) is 1. The summed E-state index contributed by atoms with van der Waals surface area (Å²) >= 11 is 5.85. The van der Waals surface area contributed by atoms with E-state index in [0.29, 0.717) is 11.5 Å². The van der Waals surface area contributed by atoms with E-state index in [-0.39, 0.29) is 23.1 Å². The molecule has 1 nitrogen and oxygen atoms in total. The lowest BCUT2D eigenvalue weighted by Crippen LogP contribution is -2.14. The van der Waals surface area contributed by atoms with Gasteiger partial charge in [-0.3, -0.25) is 4.79 Å². The Balaban J connectivity index is 2.06. The molecule has 0 N–H and O–H groups in total. The fourth-order valence-electron chi connectivity index (χ4n) is 2.52. The quantitative estimate of drug-likeness (QED) is 0.796. The summed E-state index contributed by atoms with van der Waals surface area (Å²) in [5.41, 5.74) is 0.608. The van der Waals surface area contributed by atoms with Crippen LogP contribution in [-0.4, -0.2) is 5.78 Å². The molecule has 0 bridgehead atoms. The molecule has 1 aliphatic carbocycles. The zero-order valence-corrected chi connectivity index (χ0v) is 10.6. The van der Waals surface area contributed by atoms with E-state index < -0.39 is 5.82 Å². The molecule has 1 fully saturated rings. The number of carbonyl (C=O) groups excluding carboxylic acids is 1. The van der Waals surface area contributed by atoms with Crippen molar-refractivity contribution in [2.45, 2.75) is 32.6 Å². The smallest absolute Gasteiger partial charge is 0.142 e. The second-order valence-corrected chi connectivity index (χ2v) is 5.35. The van der Waals surface area contributed by atoms with Crippen molar-refractivity contribution in [2.24, 2.45) is 11.8 Å². The Bertz CT molecular complexity index is 430. The molecular weight excluding hydrogens is 239 g/mol. The topological polar surface area (TPSA) is 17.1 Å². The van der Waals surface area contributed by atoms with Gasteiger partial charge < -0.3 is 0 Å². The molecule has 17 heavy (non-hydrogen) atoms. The summed E-state index contributed by atoms with van der Waals surface area (Å²) in [6.45, 7) is 2.17. The van der Waals surface area contributed by atoms with Crippen molar-refractivity contribution in [1.82, 2.24) is 0 Å². The Morgan fingerprint density at radius 2 is 2.24 bits per heavy atom. The predicted octanol–water partition coefficient (Wildman–Crippen LogP) is 4.03. The molecule has 1 aromatic carbocycles. The highest BCUT2D eigenvalue weighted by Gasteiger charge is 2.27. The Morgan fingerprint density at radius 3 is 2.88 bits per heavy atom. The van der Waals surface area contributed by atoms with Gasteiger partial charge in [-0.15, -0.1) is 0 Å². The van der Waals surface area contributed by atoms with Crippen molar-refractivity contribution in [1.29, 1.82) is 0 Å². The van der Waals surface area contributed by atoms with Gasteiger partial charge in [0, 0.05) is 12.3 Å². The second kappa shape index (κ2) is 5.18. The van der Waals surface area contributed by atoms with Crippen molar-refractivity contribution < 1.29 is 9.18 Å². The van der Waals surface area contributed by atoms with E-state index in [1.807, 2.05) is 0 Å². The fraction of sp³-hybridized carbons (Fsp3) is 0.500. The highest BCUT2D eigenvalue weighted by Crippen LogP contribution is 2.32. The van der Waals surface area contributed by atoms with E-state index in [4.69, 9.17) is 11.6 Å². The molecule has 2 unspecified atom stereocenters. The largest absolute Gasteiger partial charge is 0.299 e. The summed E-state index contributed by atoms with van der Waals surface area (Å²) < 4.78 is 13.2. The van der Waals surface area contributed by atoms with Gasteiger partial charge in [0.25, 0.3) is 0 Å². The van der Waals surface area contributed by atoms with Crippen LogP contribution < -0.4 is 0 Å². The van der Waals surface area contributed by atoms with Crippen LogP contribution in [0.25, 0.3) is 0 Å². The highest BCUT2D eigenvalue weighted by atomic mass is 35.5. The van der Waals surface area contributed by atoms with Crippen LogP contribution in [0.1, 0.15) is 31.7 Å².